The van der Waals surface area contributed by atoms with Crippen LogP contribution >= 0.6 is 0 Å². The van der Waals surface area contributed by atoms with Crippen molar-refractivity contribution in [3.05, 3.63) is 65.9 Å². The molecule has 2 aromatic carbocycles. The van der Waals surface area contributed by atoms with Crippen LogP contribution in [0, 0.1) is 6.92 Å². The predicted octanol–water partition coefficient (Wildman–Crippen LogP) is 2.42. The maximum absolute atomic E-state index is 12.2. The minimum atomic E-state index is -3.93. The van der Waals surface area contributed by atoms with Crippen LogP contribution in [0.15, 0.2) is 59.6 Å². The average Bonchev–Trinajstić information content (AvgIpc) is 3.72. The van der Waals surface area contributed by atoms with Crippen LogP contribution in [0.3, 0.4) is 0 Å². The maximum atomic E-state index is 12.2. The summed E-state index contributed by atoms with van der Waals surface area (Å²) in [4.78, 5) is 20.2. The molecular weight excluding hydrogens is 539 g/mol. The van der Waals surface area contributed by atoms with Gasteiger partial charge in [-0.15, -0.1) is 0 Å². The Morgan fingerprint density at radius 3 is 2.16 bits per heavy atom. The standard InChI is InChI=1S/C24H28N6O5S2.Na.H/c1-3-22(31)30-37(34,35)21-10-8-19(9-11-21)28-24-25-14-16(2)23(29-24)27-18-6-4-17(5-7-18)15-26-36(32,33)20-12-13-20;;/h4-11,14,20,26H,3,12-13,15H2,1-2H3,(H,30,31)(H2,25,27,28,29);;. The van der Waals surface area contributed by atoms with Crippen LogP contribution < -0.4 is 20.1 Å². The molecule has 4 rings (SSSR count). The van der Waals surface area contributed by atoms with E-state index in [1.807, 2.05) is 35.9 Å². The zero-order chi connectivity index (χ0) is 26.6. The first-order chi connectivity index (χ1) is 17.6. The van der Waals surface area contributed by atoms with Gasteiger partial charge in [0.25, 0.3) is 10.0 Å². The summed E-state index contributed by atoms with van der Waals surface area (Å²) < 4.78 is 53.1. The molecule has 0 bridgehead atoms. The fraction of sp³-hybridized carbons (Fsp3) is 0.292. The van der Waals surface area contributed by atoms with Gasteiger partial charge in [0, 0.05) is 36.1 Å². The summed E-state index contributed by atoms with van der Waals surface area (Å²) >= 11 is 0. The Labute approximate surface area is 244 Å². The number of hydrogen-bond donors (Lipinski definition) is 4. The normalized spacial score (nSPS) is 13.3. The number of nitrogens with one attached hydrogen (secondary N) is 4. The van der Waals surface area contributed by atoms with Crippen LogP contribution in [-0.4, -0.2) is 67.5 Å². The summed E-state index contributed by atoms with van der Waals surface area (Å²) in [6, 6.07) is 13.2. The number of rotatable bonds is 11. The van der Waals surface area contributed by atoms with Crippen molar-refractivity contribution < 1.29 is 21.6 Å². The van der Waals surface area contributed by atoms with Crippen molar-refractivity contribution >= 4 is 78.7 Å². The van der Waals surface area contributed by atoms with Crippen LogP contribution in [0.5, 0.6) is 0 Å². The predicted molar refractivity (Wildman–Crippen MR) is 148 cm³/mol. The van der Waals surface area contributed by atoms with Crippen molar-refractivity contribution in [3.8, 4) is 0 Å². The summed E-state index contributed by atoms with van der Waals surface area (Å²) in [5.74, 6) is 0.290. The molecule has 0 unspecified atom stereocenters. The first-order valence-corrected chi connectivity index (χ1v) is 14.7. The molecule has 3 aromatic rings. The molecule has 11 nitrogen and oxygen atoms in total. The van der Waals surface area contributed by atoms with Gasteiger partial charge in [0.15, 0.2) is 0 Å². The Balaban J connectivity index is 0.00000400. The summed E-state index contributed by atoms with van der Waals surface area (Å²) in [5, 5.41) is 6.01. The van der Waals surface area contributed by atoms with Crippen molar-refractivity contribution in [1.29, 1.82) is 0 Å². The van der Waals surface area contributed by atoms with Crippen molar-refractivity contribution in [2.75, 3.05) is 10.6 Å². The van der Waals surface area contributed by atoms with E-state index in [0.717, 1.165) is 29.7 Å². The Morgan fingerprint density at radius 2 is 1.55 bits per heavy atom. The monoisotopic (exact) mass is 568 g/mol. The van der Waals surface area contributed by atoms with Crippen LogP contribution in [0.25, 0.3) is 0 Å². The molecule has 1 amide bonds. The van der Waals surface area contributed by atoms with E-state index >= 15 is 0 Å². The van der Waals surface area contributed by atoms with Gasteiger partial charge in [-0.2, -0.15) is 4.98 Å². The summed E-state index contributed by atoms with van der Waals surface area (Å²) in [6.45, 7) is 3.67. The number of benzene rings is 2. The third kappa shape index (κ3) is 7.98. The zero-order valence-electron chi connectivity index (χ0n) is 20.4. The number of amides is 1. The van der Waals surface area contributed by atoms with E-state index in [9.17, 15) is 21.6 Å². The first-order valence-electron chi connectivity index (χ1n) is 11.7. The van der Waals surface area contributed by atoms with Crippen LogP contribution in [0.1, 0.15) is 37.3 Å². The number of aromatic nitrogens is 2. The molecule has 1 aliphatic carbocycles. The van der Waals surface area contributed by atoms with E-state index in [0.29, 0.717) is 17.5 Å². The van der Waals surface area contributed by atoms with E-state index in [1.54, 1.807) is 25.3 Å². The van der Waals surface area contributed by atoms with Gasteiger partial charge in [0.05, 0.1) is 10.1 Å². The Morgan fingerprint density at radius 1 is 0.947 bits per heavy atom. The number of hydrogen-bond acceptors (Lipinski definition) is 9. The van der Waals surface area contributed by atoms with Crippen LogP contribution in [0.2, 0.25) is 0 Å². The van der Waals surface area contributed by atoms with Gasteiger partial charge >= 0.3 is 29.6 Å². The molecule has 0 spiro atoms. The number of aryl methyl sites for hydroxylation is 1. The van der Waals surface area contributed by atoms with E-state index in [-0.39, 0.29) is 52.7 Å². The van der Waals surface area contributed by atoms with Crippen molar-refractivity contribution in [2.45, 2.75) is 49.8 Å². The number of carbonyl (C=O) groups excluding carboxylic acids is 1. The molecule has 0 radical (unpaired) electrons. The van der Waals surface area contributed by atoms with Crippen molar-refractivity contribution in [1.82, 2.24) is 19.4 Å². The molecule has 0 aliphatic heterocycles. The fourth-order valence-electron chi connectivity index (χ4n) is 3.28. The molecule has 38 heavy (non-hydrogen) atoms. The molecule has 1 saturated carbocycles. The van der Waals surface area contributed by atoms with Gasteiger partial charge in [-0.1, -0.05) is 19.1 Å². The van der Waals surface area contributed by atoms with Gasteiger partial charge in [0.1, 0.15) is 5.82 Å². The molecule has 1 aliphatic rings. The molecule has 1 heterocycles. The summed E-state index contributed by atoms with van der Waals surface area (Å²) in [5.41, 5.74) is 2.98. The summed E-state index contributed by atoms with van der Waals surface area (Å²) in [7, 11) is -7.16. The second-order valence-electron chi connectivity index (χ2n) is 8.64. The number of sulfonamides is 2. The average molecular weight is 569 g/mol. The van der Waals surface area contributed by atoms with Gasteiger partial charge in [-0.25, -0.2) is 31.3 Å². The fourth-order valence-corrected chi connectivity index (χ4v) is 5.70. The molecule has 1 aromatic heterocycles. The van der Waals surface area contributed by atoms with E-state index in [4.69, 9.17) is 0 Å². The van der Waals surface area contributed by atoms with E-state index in [1.165, 1.54) is 12.1 Å². The number of nitrogens with zero attached hydrogens (tertiary/aromatic N) is 2. The zero-order valence-corrected chi connectivity index (χ0v) is 22.0. The third-order valence-electron chi connectivity index (χ3n) is 5.62. The van der Waals surface area contributed by atoms with Gasteiger partial charge < -0.3 is 10.6 Å². The number of anilines is 4. The second kappa shape index (κ2) is 12.5. The molecular formula is C24H29N6NaO5S2. The third-order valence-corrected chi connectivity index (χ3v) is 8.90. The van der Waals surface area contributed by atoms with Crippen LogP contribution in [-0.2, 0) is 31.4 Å². The van der Waals surface area contributed by atoms with Gasteiger partial charge in [-0.3, -0.25) is 4.79 Å². The Kier molecular flexibility index (Phi) is 9.90. The quantitative estimate of drug-likeness (QED) is 0.255. The second-order valence-corrected chi connectivity index (χ2v) is 12.4. The minimum absolute atomic E-state index is 0. The van der Waals surface area contributed by atoms with Crippen molar-refractivity contribution in [2.24, 2.45) is 0 Å². The first kappa shape index (κ1) is 30.0. The van der Waals surface area contributed by atoms with Crippen LogP contribution in [0.4, 0.5) is 23.1 Å². The topological polar surface area (TPSA) is 159 Å². The van der Waals surface area contributed by atoms with Gasteiger partial charge in [0.2, 0.25) is 21.9 Å². The Hall–Kier alpha value is -2.55. The van der Waals surface area contributed by atoms with Gasteiger partial charge in [-0.05, 0) is 61.7 Å². The van der Waals surface area contributed by atoms with E-state index < -0.39 is 26.0 Å². The molecule has 198 valence electrons. The SMILES string of the molecule is CCC(=O)NS(=O)(=O)c1ccc(Nc2ncc(C)c(Nc3ccc(CNS(=O)(=O)C4CC4)cc3)n2)cc1.[NaH]. The van der Waals surface area contributed by atoms with Crippen molar-refractivity contribution in [3.63, 3.8) is 0 Å². The molecule has 1 fully saturated rings. The van der Waals surface area contributed by atoms with E-state index in [2.05, 4.69) is 25.3 Å². The Bertz CT molecular complexity index is 1490. The molecule has 4 N–H and O–H groups in total. The molecule has 14 heteroatoms. The molecule has 0 atom stereocenters. The number of carbonyl (C=O) groups is 1. The molecule has 0 saturated heterocycles. The summed E-state index contributed by atoms with van der Waals surface area (Å²) in [6.07, 6.45) is 3.16.